The van der Waals surface area contributed by atoms with Crippen LogP contribution in [0.15, 0.2) is 48.8 Å². The van der Waals surface area contributed by atoms with Crippen LogP contribution in [0.5, 0.6) is 0 Å². The van der Waals surface area contributed by atoms with Crippen LogP contribution in [0.25, 0.3) is 0 Å². The van der Waals surface area contributed by atoms with E-state index in [4.69, 9.17) is 0 Å². The van der Waals surface area contributed by atoms with Crippen molar-refractivity contribution in [1.82, 2.24) is 9.97 Å². The van der Waals surface area contributed by atoms with Crippen molar-refractivity contribution in [2.45, 2.75) is 18.9 Å². The van der Waals surface area contributed by atoms with Gasteiger partial charge in [-0.05, 0) is 24.3 Å². The number of aromatic nitrogens is 2. The van der Waals surface area contributed by atoms with E-state index in [-0.39, 0.29) is 0 Å². The Hall–Kier alpha value is -1.74. The first-order valence-corrected chi connectivity index (χ1v) is 5.32. The van der Waals surface area contributed by atoms with Gasteiger partial charge in [0.1, 0.15) is 0 Å². The first kappa shape index (κ1) is 10.8. The van der Waals surface area contributed by atoms with Crippen LogP contribution in [0.2, 0.25) is 0 Å². The molecule has 2 aromatic heterocycles. The van der Waals surface area contributed by atoms with Crippen LogP contribution < -0.4 is 0 Å². The molecule has 0 saturated heterocycles. The molecule has 0 amide bonds. The standard InChI is InChI=1S/C13H14N2O/c16-13(9-11-5-1-3-7-14-11)10-12-6-2-4-8-15-12/h1-8,13,16H,9-10H2. The molecule has 16 heavy (non-hydrogen) atoms. The van der Waals surface area contributed by atoms with E-state index in [1.54, 1.807) is 12.4 Å². The molecule has 0 bridgehead atoms. The van der Waals surface area contributed by atoms with Crippen LogP contribution in [-0.2, 0) is 12.8 Å². The SMILES string of the molecule is OC(Cc1ccccn1)Cc1ccccn1. The first-order chi connectivity index (χ1) is 7.84. The van der Waals surface area contributed by atoms with E-state index in [2.05, 4.69) is 9.97 Å². The van der Waals surface area contributed by atoms with E-state index in [0.29, 0.717) is 12.8 Å². The third-order valence-electron chi connectivity index (χ3n) is 2.34. The summed E-state index contributed by atoms with van der Waals surface area (Å²) < 4.78 is 0. The molecule has 0 aromatic carbocycles. The maximum atomic E-state index is 9.88. The normalized spacial score (nSPS) is 10.6. The third-order valence-corrected chi connectivity index (χ3v) is 2.34. The van der Waals surface area contributed by atoms with Crippen molar-refractivity contribution in [2.24, 2.45) is 0 Å². The molecule has 2 rings (SSSR count). The molecule has 3 nitrogen and oxygen atoms in total. The molecule has 0 radical (unpaired) electrons. The zero-order chi connectivity index (χ0) is 11.2. The molecule has 0 saturated carbocycles. The average molecular weight is 214 g/mol. The van der Waals surface area contributed by atoms with Gasteiger partial charge in [-0.15, -0.1) is 0 Å². The van der Waals surface area contributed by atoms with Crippen LogP contribution in [0.4, 0.5) is 0 Å². The molecule has 0 aliphatic rings. The van der Waals surface area contributed by atoms with Crippen molar-refractivity contribution in [3.05, 3.63) is 60.2 Å². The van der Waals surface area contributed by atoms with Crippen molar-refractivity contribution in [1.29, 1.82) is 0 Å². The van der Waals surface area contributed by atoms with Crippen LogP contribution >= 0.6 is 0 Å². The highest BCUT2D eigenvalue weighted by molar-refractivity contribution is 5.08. The van der Waals surface area contributed by atoms with Crippen molar-refractivity contribution in [3.8, 4) is 0 Å². The summed E-state index contributed by atoms with van der Waals surface area (Å²) in [5.74, 6) is 0. The van der Waals surface area contributed by atoms with E-state index in [1.807, 2.05) is 36.4 Å². The monoisotopic (exact) mass is 214 g/mol. The summed E-state index contributed by atoms with van der Waals surface area (Å²) >= 11 is 0. The minimum absolute atomic E-state index is 0.426. The second kappa shape index (κ2) is 5.37. The van der Waals surface area contributed by atoms with Gasteiger partial charge in [0.2, 0.25) is 0 Å². The molecule has 0 spiro atoms. The summed E-state index contributed by atoms with van der Waals surface area (Å²) in [6.07, 6.45) is 4.19. The van der Waals surface area contributed by atoms with Gasteiger partial charge in [0.25, 0.3) is 0 Å². The number of rotatable bonds is 4. The molecule has 0 aliphatic carbocycles. The molecule has 0 aliphatic heterocycles. The van der Waals surface area contributed by atoms with Gasteiger partial charge in [0, 0.05) is 36.6 Å². The second-order valence-electron chi connectivity index (χ2n) is 3.70. The average Bonchev–Trinajstić information content (AvgIpc) is 2.31. The Labute approximate surface area is 94.8 Å². The van der Waals surface area contributed by atoms with Gasteiger partial charge in [-0.2, -0.15) is 0 Å². The zero-order valence-electron chi connectivity index (χ0n) is 8.95. The van der Waals surface area contributed by atoms with Gasteiger partial charge < -0.3 is 5.11 Å². The van der Waals surface area contributed by atoms with Crippen LogP contribution in [0, 0.1) is 0 Å². The van der Waals surface area contributed by atoms with Gasteiger partial charge in [-0.3, -0.25) is 9.97 Å². The summed E-state index contributed by atoms with van der Waals surface area (Å²) in [5, 5.41) is 9.88. The number of hydrogen-bond acceptors (Lipinski definition) is 3. The quantitative estimate of drug-likeness (QED) is 0.841. The molecule has 0 unspecified atom stereocenters. The predicted molar refractivity (Wildman–Crippen MR) is 61.9 cm³/mol. The van der Waals surface area contributed by atoms with Crippen molar-refractivity contribution in [2.75, 3.05) is 0 Å². The summed E-state index contributed by atoms with van der Waals surface area (Å²) in [5.41, 5.74) is 1.82. The summed E-state index contributed by atoms with van der Waals surface area (Å²) in [6, 6.07) is 11.4. The van der Waals surface area contributed by atoms with Gasteiger partial charge in [-0.25, -0.2) is 0 Å². The molecule has 2 aromatic rings. The minimum atomic E-state index is -0.426. The Balaban J connectivity index is 1.92. The predicted octanol–water partition coefficient (Wildman–Crippen LogP) is 1.62. The lowest BCUT2D eigenvalue weighted by Crippen LogP contribution is -2.15. The zero-order valence-corrected chi connectivity index (χ0v) is 8.95. The summed E-state index contributed by atoms with van der Waals surface area (Å²) in [4.78, 5) is 8.36. The molecular weight excluding hydrogens is 200 g/mol. The van der Waals surface area contributed by atoms with Crippen molar-refractivity contribution in [3.63, 3.8) is 0 Å². The van der Waals surface area contributed by atoms with Gasteiger partial charge in [0.15, 0.2) is 0 Å². The van der Waals surface area contributed by atoms with E-state index in [0.717, 1.165) is 11.4 Å². The third kappa shape index (κ3) is 3.14. The number of nitrogens with zero attached hydrogens (tertiary/aromatic N) is 2. The lowest BCUT2D eigenvalue weighted by atomic mass is 10.1. The van der Waals surface area contributed by atoms with Gasteiger partial charge >= 0.3 is 0 Å². The van der Waals surface area contributed by atoms with Gasteiger partial charge in [0.05, 0.1) is 6.10 Å². The van der Waals surface area contributed by atoms with Crippen molar-refractivity contribution < 1.29 is 5.11 Å². The van der Waals surface area contributed by atoms with E-state index < -0.39 is 6.10 Å². The largest absolute Gasteiger partial charge is 0.392 e. The van der Waals surface area contributed by atoms with Gasteiger partial charge in [-0.1, -0.05) is 12.1 Å². The Morgan fingerprint density at radius 2 is 1.38 bits per heavy atom. The van der Waals surface area contributed by atoms with E-state index in [1.165, 1.54) is 0 Å². The lowest BCUT2D eigenvalue weighted by Gasteiger charge is -2.09. The Morgan fingerprint density at radius 3 is 1.75 bits per heavy atom. The van der Waals surface area contributed by atoms with E-state index in [9.17, 15) is 5.11 Å². The molecule has 2 heterocycles. The first-order valence-electron chi connectivity index (χ1n) is 5.32. The minimum Gasteiger partial charge on any atom is -0.392 e. The second-order valence-corrected chi connectivity index (χ2v) is 3.70. The maximum Gasteiger partial charge on any atom is 0.0651 e. The highest BCUT2D eigenvalue weighted by atomic mass is 16.3. The van der Waals surface area contributed by atoms with Crippen LogP contribution in [0.3, 0.4) is 0 Å². The fraction of sp³-hybridized carbons (Fsp3) is 0.231. The Morgan fingerprint density at radius 1 is 0.875 bits per heavy atom. The Kier molecular flexibility index (Phi) is 3.62. The van der Waals surface area contributed by atoms with Crippen molar-refractivity contribution >= 4 is 0 Å². The fourth-order valence-electron chi connectivity index (χ4n) is 1.59. The molecular formula is C13H14N2O. The number of pyridine rings is 2. The van der Waals surface area contributed by atoms with Crippen LogP contribution in [0.1, 0.15) is 11.4 Å². The highest BCUT2D eigenvalue weighted by Crippen LogP contribution is 2.05. The number of hydrogen-bond donors (Lipinski definition) is 1. The summed E-state index contributed by atoms with van der Waals surface area (Å²) in [6.45, 7) is 0. The number of aliphatic hydroxyl groups is 1. The molecule has 0 fully saturated rings. The highest BCUT2D eigenvalue weighted by Gasteiger charge is 2.07. The smallest absolute Gasteiger partial charge is 0.0651 e. The fourth-order valence-corrected chi connectivity index (χ4v) is 1.59. The molecule has 3 heteroatoms. The Bertz CT molecular complexity index is 375. The van der Waals surface area contributed by atoms with E-state index >= 15 is 0 Å². The number of aliphatic hydroxyl groups excluding tert-OH is 1. The molecule has 0 atom stereocenters. The molecule has 82 valence electrons. The lowest BCUT2D eigenvalue weighted by molar-refractivity contribution is 0.173. The molecule has 1 N–H and O–H groups in total. The maximum absolute atomic E-state index is 9.88. The van der Waals surface area contributed by atoms with Crippen LogP contribution in [-0.4, -0.2) is 21.2 Å². The summed E-state index contributed by atoms with van der Waals surface area (Å²) in [7, 11) is 0. The topological polar surface area (TPSA) is 46.0 Å².